The van der Waals surface area contributed by atoms with Crippen molar-refractivity contribution in [2.75, 3.05) is 47.4 Å². The summed E-state index contributed by atoms with van der Waals surface area (Å²) in [6.45, 7) is 7.85. The number of fused-ring (bicyclic) bond motifs is 1. The van der Waals surface area contributed by atoms with E-state index in [1.165, 1.54) is 25.7 Å². The first-order chi connectivity index (χ1) is 13.8. The molecular weight excluding hydrogens is 388 g/mol. The second-order valence-corrected chi connectivity index (χ2v) is 7.99. The van der Waals surface area contributed by atoms with Crippen molar-refractivity contribution in [3.63, 3.8) is 0 Å². The highest BCUT2D eigenvalue weighted by Crippen LogP contribution is 2.31. The Morgan fingerprint density at radius 1 is 0.655 bits per heavy atom. The molecule has 2 aliphatic carbocycles. The van der Waals surface area contributed by atoms with E-state index in [0.29, 0.717) is 11.9 Å². The molecule has 2 aliphatic rings. The summed E-state index contributed by atoms with van der Waals surface area (Å²) < 4.78 is 0. The van der Waals surface area contributed by atoms with Gasteiger partial charge < -0.3 is 21.3 Å². The van der Waals surface area contributed by atoms with E-state index < -0.39 is 0 Å². The fraction of sp³-hybridized carbons (Fsp3) is 0.700. The van der Waals surface area contributed by atoms with E-state index in [-0.39, 0.29) is 12.4 Å². The number of hydrogen-bond acceptors (Lipinski definition) is 8. The third-order valence-electron chi connectivity index (χ3n) is 5.12. The summed E-state index contributed by atoms with van der Waals surface area (Å²) in [6, 6.07) is 0. The van der Waals surface area contributed by atoms with Gasteiger partial charge in [0.25, 0.3) is 0 Å². The molecule has 160 valence electrons. The van der Waals surface area contributed by atoms with Crippen molar-refractivity contribution in [3.8, 4) is 0 Å². The van der Waals surface area contributed by atoms with Crippen LogP contribution in [0.15, 0.2) is 0 Å². The van der Waals surface area contributed by atoms with Crippen molar-refractivity contribution in [3.05, 3.63) is 0 Å². The van der Waals surface area contributed by atoms with Crippen molar-refractivity contribution < 1.29 is 0 Å². The predicted molar refractivity (Wildman–Crippen MR) is 122 cm³/mol. The average molecular weight is 421 g/mol. The van der Waals surface area contributed by atoms with Crippen LogP contribution in [0, 0.1) is 11.8 Å². The van der Waals surface area contributed by atoms with Gasteiger partial charge in [-0.2, -0.15) is 9.97 Å². The lowest BCUT2D eigenvalue weighted by molar-refractivity contribution is 0.870. The number of aromatic nitrogens is 4. The van der Waals surface area contributed by atoms with E-state index in [2.05, 4.69) is 35.1 Å². The molecule has 29 heavy (non-hydrogen) atoms. The first-order valence-electron chi connectivity index (χ1n) is 10.8. The van der Waals surface area contributed by atoms with E-state index in [1.807, 2.05) is 0 Å². The van der Waals surface area contributed by atoms with Gasteiger partial charge in [-0.1, -0.05) is 13.8 Å². The SMILES string of the molecule is CCCNc1nc(NCC2CC2)nc2c(NCCC)nc(NCC3CC3)nc12.Cl. The van der Waals surface area contributed by atoms with Crippen LogP contribution in [0.4, 0.5) is 23.5 Å². The third kappa shape index (κ3) is 5.95. The zero-order valence-electron chi connectivity index (χ0n) is 17.4. The first-order valence-corrected chi connectivity index (χ1v) is 10.8. The lowest BCUT2D eigenvalue weighted by Gasteiger charge is -2.15. The van der Waals surface area contributed by atoms with Crippen LogP contribution in [0.1, 0.15) is 52.4 Å². The minimum atomic E-state index is 0. The molecule has 9 heteroatoms. The number of rotatable bonds is 12. The van der Waals surface area contributed by atoms with Gasteiger partial charge in [0.05, 0.1) is 0 Å². The van der Waals surface area contributed by atoms with Gasteiger partial charge in [-0.15, -0.1) is 12.4 Å². The largest absolute Gasteiger partial charge is 0.368 e. The summed E-state index contributed by atoms with van der Waals surface area (Å²) in [7, 11) is 0. The molecule has 0 atom stereocenters. The van der Waals surface area contributed by atoms with Gasteiger partial charge in [-0.3, -0.25) is 0 Å². The molecule has 4 rings (SSSR count). The fourth-order valence-electron chi connectivity index (χ4n) is 3.02. The number of hydrogen-bond donors (Lipinski definition) is 4. The predicted octanol–water partition coefficient (Wildman–Crippen LogP) is 4.13. The number of anilines is 4. The van der Waals surface area contributed by atoms with Crippen LogP contribution < -0.4 is 21.3 Å². The van der Waals surface area contributed by atoms with Gasteiger partial charge in [0.2, 0.25) is 11.9 Å². The maximum atomic E-state index is 4.77. The molecule has 0 aliphatic heterocycles. The van der Waals surface area contributed by atoms with Crippen LogP contribution in [-0.4, -0.2) is 46.1 Å². The molecule has 4 N–H and O–H groups in total. The van der Waals surface area contributed by atoms with E-state index >= 15 is 0 Å². The maximum absolute atomic E-state index is 4.77. The lowest BCUT2D eigenvalue weighted by Crippen LogP contribution is -2.14. The Morgan fingerprint density at radius 2 is 1.07 bits per heavy atom. The number of nitrogens with one attached hydrogen (secondary N) is 4. The molecule has 0 spiro atoms. The fourth-order valence-corrected chi connectivity index (χ4v) is 3.02. The van der Waals surface area contributed by atoms with Gasteiger partial charge in [-0.05, 0) is 50.4 Å². The molecule has 0 saturated heterocycles. The van der Waals surface area contributed by atoms with E-state index in [9.17, 15) is 0 Å². The Balaban J connectivity index is 0.00000240. The maximum Gasteiger partial charge on any atom is 0.225 e. The van der Waals surface area contributed by atoms with Crippen LogP contribution in [0.25, 0.3) is 11.0 Å². The summed E-state index contributed by atoms with van der Waals surface area (Å²) in [5.41, 5.74) is 1.55. The molecular formula is C20H33ClN8. The summed E-state index contributed by atoms with van der Waals surface area (Å²) in [5, 5.41) is 13.7. The highest BCUT2D eigenvalue weighted by molar-refractivity contribution is 5.94. The molecule has 2 aromatic heterocycles. The number of halogens is 1. The molecule has 0 amide bonds. The minimum Gasteiger partial charge on any atom is -0.368 e. The Morgan fingerprint density at radius 3 is 1.41 bits per heavy atom. The second kappa shape index (κ2) is 10.1. The topological polar surface area (TPSA) is 99.7 Å². The zero-order valence-corrected chi connectivity index (χ0v) is 18.2. The highest BCUT2D eigenvalue weighted by atomic mass is 35.5. The molecule has 0 unspecified atom stereocenters. The molecule has 2 heterocycles. The van der Waals surface area contributed by atoms with E-state index in [4.69, 9.17) is 19.9 Å². The van der Waals surface area contributed by atoms with Crippen molar-refractivity contribution in [1.82, 2.24) is 19.9 Å². The standard InChI is InChI=1S/C20H32N8.ClH/c1-3-9-21-17-15-16(26-19(27-17)23-11-13-5-6-13)18(22-10-4-2)28-20(25-15)24-12-14-7-8-14;/h13-14H,3-12H2,1-2H3,(H2,21,23,26,27)(H2,22,24,25,28);1H. The Hall–Kier alpha value is -2.09. The summed E-state index contributed by atoms with van der Waals surface area (Å²) in [5.74, 6) is 4.38. The van der Waals surface area contributed by atoms with Crippen molar-refractivity contribution >= 4 is 47.0 Å². The van der Waals surface area contributed by atoms with Crippen LogP contribution in [-0.2, 0) is 0 Å². The van der Waals surface area contributed by atoms with Gasteiger partial charge in [0.15, 0.2) is 11.6 Å². The number of nitrogens with zero attached hydrogens (tertiary/aromatic N) is 4. The molecule has 0 radical (unpaired) electrons. The Kier molecular flexibility index (Phi) is 7.52. The van der Waals surface area contributed by atoms with Crippen LogP contribution >= 0.6 is 12.4 Å². The smallest absolute Gasteiger partial charge is 0.225 e. The van der Waals surface area contributed by atoms with Crippen LogP contribution in [0.2, 0.25) is 0 Å². The van der Waals surface area contributed by atoms with E-state index in [0.717, 1.165) is 73.5 Å². The Bertz CT molecular complexity index is 739. The van der Waals surface area contributed by atoms with Gasteiger partial charge in [0.1, 0.15) is 11.0 Å². The molecule has 0 aromatic carbocycles. The van der Waals surface area contributed by atoms with Crippen molar-refractivity contribution in [2.24, 2.45) is 11.8 Å². The first kappa shape index (κ1) is 21.6. The Labute approximate surface area is 178 Å². The third-order valence-corrected chi connectivity index (χ3v) is 5.12. The summed E-state index contributed by atoms with van der Waals surface area (Å²) in [4.78, 5) is 19.0. The van der Waals surface area contributed by atoms with Gasteiger partial charge in [-0.25, -0.2) is 9.97 Å². The van der Waals surface area contributed by atoms with Crippen LogP contribution in [0.3, 0.4) is 0 Å². The van der Waals surface area contributed by atoms with Crippen molar-refractivity contribution in [1.29, 1.82) is 0 Å². The van der Waals surface area contributed by atoms with Crippen LogP contribution in [0.5, 0.6) is 0 Å². The molecule has 2 aromatic rings. The second-order valence-electron chi connectivity index (χ2n) is 7.99. The summed E-state index contributed by atoms with van der Waals surface area (Å²) >= 11 is 0. The lowest BCUT2D eigenvalue weighted by atomic mass is 10.3. The zero-order chi connectivity index (χ0) is 19.3. The normalized spacial score (nSPS) is 15.7. The van der Waals surface area contributed by atoms with Gasteiger partial charge >= 0.3 is 0 Å². The van der Waals surface area contributed by atoms with Crippen molar-refractivity contribution in [2.45, 2.75) is 52.4 Å². The minimum absolute atomic E-state index is 0. The monoisotopic (exact) mass is 420 g/mol. The van der Waals surface area contributed by atoms with Gasteiger partial charge in [0, 0.05) is 26.2 Å². The average Bonchev–Trinajstić information content (AvgIpc) is 3.62. The highest BCUT2D eigenvalue weighted by Gasteiger charge is 2.23. The molecule has 0 bridgehead atoms. The van der Waals surface area contributed by atoms with E-state index in [1.54, 1.807) is 0 Å². The molecule has 8 nitrogen and oxygen atoms in total. The quantitative estimate of drug-likeness (QED) is 0.406. The molecule has 2 saturated carbocycles. The molecule has 2 fully saturated rings. The summed E-state index contributed by atoms with van der Waals surface area (Å²) in [6.07, 6.45) is 7.23.